The van der Waals surface area contributed by atoms with Crippen LogP contribution in [-0.2, 0) is 18.2 Å². The molecule has 0 fully saturated rings. The largest absolute Gasteiger partial charge is 0.610 e. The van der Waals surface area contributed by atoms with Crippen molar-refractivity contribution < 1.29 is 8.94 Å². The third kappa shape index (κ3) is 2.45. The van der Waals surface area contributed by atoms with Crippen LogP contribution in [0.5, 0.6) is 0 Å². The van der Waals surface area contributed by atoms with Gasteiger partial charge in [0.2, 0.25) is 5.82 Å². The molecule has 3 aromatic rings. The standard InChI is InChI=1S/C12H9ClFN5OS/c1-19-11-7(3-6(13)4-16-11)9(18-19)10-15-5-8(14)12(17-10)21(2)20/h3-5H,1-2H3. The molecule has 0 saturated carbocycles. The van der Waals surface area contributed by atoms with Crippen LogP contribution in [0.15, 0.2) is 23.5 Å². The molecule has 0 aliphatic carbocycles. The Morgan fingerprint density at radius 1 is 1.33 bits per heavy atom. The van der Waals surface area contributed by atoms with Crippen molar-refractivity contribution in [1.29, 1.82) is 0 Å². The number of fused-ring (bicyclic) bond motifs is 1. The molecule has 1 unspecified atom stereocenters. The fourth-order valence-corrected chi connectivity index (χ4v) is 2.65. The van der Waals surface area contributed by atoms with Gasteiger partial charge < -0.3 is 4.55 Å². The number of hydrogen-bond acceptors (Lipinski definition) is 5. The van der Waals surface area contributed by atoms with Gasteiger partial charge in [-0.25, -0.2) is 14.6 Å². The van der Waals surface area contributed by atoms with Crippen LogP contribution in [0.25, 0.3) is 22.6 Å². The average molecular weight is 326 g/mol. The summed E-state index contributed by atoms with van der Waals surface area (Å²) in [5.41, 5.74) is 1.01. The van der Waals surface area contributed by atoms with Crippen molar-refractivity contribution >= 4 is 33.8 Å². The van der Waals surface area contributed by atoms with Crippen molar-refractivity contribution in [2.75, 3.05) is 6.26 Å². The van der Waals surface area contributed by atoms with Gasteiger partial charge in [0.05, 0.1) is 16.6 Å². The highest BCUT2D eigenvalue weighted by molar-refractivity contribution is 7.90. The monoisotopic (exact) mass is 325 g/mol. The van der Waals surface area contributed by atoms with E-state index < -0.39 is 17.0 Å². The lowest BCUT2D eigenvalue weighted by molar-refractivity contribution is 0.551. The molecule has 3 heterocycles. The van der Waals surface area contributed by atoms with Crippen molar-refractivity contribution in [2.24, 2.45) is 7.05 Å². The minimum absolute atomic E-state index is 0.159. The molecule has 0 saturated heterocycles. The molecule has 9 heteroatoms. The maximum atomic E-state index is 13.5. The summed E-state index contributed by atoms with van der Waals surface area (Å²) in [4.78, 5) is 12.1. The first-order valence-electron chi connectivity index (χ1n) is 5.82. The Labute approximate surface area is 127 Å². The van der Waals surface area contributed by atoms with E-state index in [9.17, 15) is 8.94 Å². The molecule has 108 valence electrons. The Balaban J connectivity index is 2.25. The molecule has 3 rings (SSSR count). The second kappa shape index (κ2) is 5.21. The van der Waals surface area contributed by atoms with Gasteiger partial charge in [-0.15, -0.1) is 0 Å². The Morgan fingerprint density at radius 2 is 2.10 bits per heavy atom. The predicted octanol–water partition coefficient (Wildman–Crippen LogP) is 1.96. The van der Waals surface area contributed by atoms with Crippen LogP contribution in [0.4, 0.5) is 4.39 Å². The number of halogens is 2. The molecular weight excluding hydrogens is 317 g/mol. The normalized spacial score (nSPS) is 12.8. The number of aryl methyl sites for hydroxylation is 1. The van der Waals surface area contributed by atoms with E-state index in [2.05, 4.69) is 20.1 Å². The lowest BCUT2D eigenvalue weighted by Gasteiger charge is -2.04. The summed E-state index contributed by atoms with van der Waals surface area (Å²) in [5, 5.41) is 5.21. The number of rotatable bonds is 2. The second-order valence-electron chi connectivity index (χ2n) is 4.30. The molecule has 6 nitrogen and oxygen atoms in total. The Hall–Kier alpha value is -1.77. The van der Waals surface area contributed by atoms with Gasteiger partial charge in [-0.2, -0.15) is 14.5 Å². The van der Waals surface area contributed by atoms with Gasteiger partial charge >= 0.3 is 0 Å². The van der Waals surface area contributed by atoms with E-state index in [1.165, 1.54) is 12.5 Å². The first-order valence-corrected chi connectivity index (χ1v) is 7.75. The van der Waals surface area contributed by atoms with E-state index in [1.807, 2.05) is 0 Å². The molecule has 0 amide bonds. The van der Waals surface area contributed by atoms with Crippen molar-refractivity contribution in [3.8, 4) is 11.5 Å². The number of nitrogens with zero attached hydrogens (tertiary/aromatic N) is 5. The Morgan fingerprint density at radius 3 is 2.81 bits per heavy atom. The third-order valence-corrected chi connectivity index (χ3v) is 3.88. The predicted molar refractivity (Wildman–Crippen MR) is 76.8 cm³/mol. The summed E-state index contributed by atoms with van der Waals surface area (Å²) in [5.74, 6) is -0.535. The maximum Gasteiger partial charge on any atom is 0.284 e. The van der Waals surface area contributed by atoms with Crippen LogP contribution < -0.4 is 0 Å². The molecule has 0 radical (unpaired) electrons. The topological polar surface area (TPSA) is 79.5 Å². The van der Waals surface area contributed by atoms with Gasteiger partial charge in [-0.3, -0.25) is 0 Å². The highest BCUT2D eigenvalue weighted by Gasteiger charge is 2.20. The van der Waals surface area contributed by atoms with E-state index in [1.54, 1.807) is 17.8 Å². The summed E-state index contributed by atoms with van der Waals surface area (Å²) in [6.45, 7) is 0. The minimum atomic E-state index is -1.56. The zero-order chi connectivity index (χ0) is 15.1. The summed E-state index contributed by atoms with van der Waals surface area (Å²) in [6, 6.07) is 1.68. The van der Waals surface area contributed by atoms with Crippen molar-refractivity contribution in [3.63, 3.8) is 0 Å². The summed E-state index contributed by atoms with van der Waals surface area (Å²) >= 11 is 4.39. The van der Waals surface area contributed by atoms with Crippen molar-refractivity contribution in [2.45, 2.75) is 5.03 Å². The lowest BCUT2D eigenvalue weighted by atomic mass is 10.2. The quantitative estimate of drug-likeness (QED) is 0.531. The van der Waals surface area contributed by atoms with Crippen LogP contribution in [0.1, 0.15) is 0 Å². The third-order valence-electron chi connectivity index (χ3n) is 2.84. The molecule has 0 spiro atoms. The first-order chi connectivity index (χ1) is 9.97. The van der Waals surface area contributed by atoms with Crippen LogP contribution >= 0.6 is 11.6 Å². The Kier molecular flexibility index (Phi) is 3.52. The zero-order valence-electron chi connectivity index (χ0n) is 11.0. The minimum Gasteiger partial charge on any atom is -0.610 e. The van der Waals surface area contributed by atoms with Crippen LogP contribution in [0.3, 0.4) is 0 Å². The van der Waals surface area contributed by atoms with E-state index >= 15 is 0 Å². The molecule has 1 atom stereocenters. The van der Waals surface area contributed by atoms with Crippen LogP contribution in [0.2, 0.25) is 5.02 Å². The van der Waals surface area contributed by atoms with E-state index in [0.29, 0.717) is 21.7 Å². The zero-order valence-corrected chi connectivity index (χ0v) is 12.6. The molecule has 0 aliphatic heterocycles. The molecule has 3 aromatic heterocycles. The van der Waals surface area contributed by atoms with Gasteiger partial charge in [0.15, 0.2) is 11.5 Å². The van der Waals surface area contributed by atoms with Crippen molar-refractivity contribution in [1.82, 2.24) is 24.7 Å². The lowest BCUT2D eigenvalue weighted by Crippen LogP contribution is -2.06. The van der Waals surface area contributed by atoms with E-state index in [4.69, 9.17) is 11.6 Å². The van der Waals surface area contributed by atoms with Gasteiger partial charge in [-0.1, -0.05) is 11.6 Å². The highest BCUT2D eigenvalue weighted by atomic mass is 35.5. The van der Waals surface area contributed by atoms with Crippen LogP contribution in [-0.4, -0.2) is 35.5 Å². The summed E-state index contributed by atoms with van der Waals surface area (Å²) in [7, 11) is 1.72. The van der Waals surface area contributed by atoms with E-state index in [0.717, 1.165) is 6.20 Å². The van der Waals surface area contributed by atoms with E-state index in [-0.39, 0.29) is 10.9 Å². The molecule has 0 aromatic carbocycles. The summed E-state index contributed by atoms with van der Waals surface area (Å²) < 4.78 is 26.6. The SMILES string of the molecule is Cn1nc(-c2ncc(F)c([S+](C)[O-])n2)c2cc(Cl)cnc21. The van der Waals surface area contributed by atoms with Crippen molar-refractivity contribution in [3.05, 3.63) is 29.3 Å². The maximum absolute atomic E-state index is 13.5. The fraction of sp³-hybridized carbons (Fsp3) is 0.167. The second-order valence-corrected chi connectivity index (χ2v) is 6.03. The molecular formula is C12H9ClFN5OS. The molecule has 21 heavy (non-hydrogen) atoms. The number of pyridine rings is 1. The van der Waals surface area contributed by atoms with Crippen LogP contribution in [0, 0.1) is 5.82 Å². The average Bonchev–Trinajstić information content (AvgIpc) is 2.76. The molecule has 0 aliphatic rings. The number of aromatic nitrogens is 5. The highest BCUT2D eigenvalue weighted by Crippen LogP contribution is 2.27. The van der Waals surface area contributed by atoms with Gasteiger partial charge in [0.1, 0.15) is 11.9 Å². The van der Waals surface area contributed by atoms with Gasteiger partial charge in [-0.05, 0) is 6.07 Å². The molecule has 0 bridgehead atoms. The van der Waals surface area contributed by atoms with Gasteiger partial charge in [0, 0.05) is 24.4 Å². The number of hydrogen-bond donors (Lipinski definition) is 0. The smallest absolute Gasteiger partial charge is 0.284 e. The summed E-state index contributed by atoms with van der Waals surface area (Å²) in [6.07, 6.45) is 3.84. The fourth-order valence-electron chi connectivity index (χ4n) is 1.95. The first kappa shape index (κ1) is 14.2. The van der Waals surface area contributed by atoms with Gasteiger partial charge in [0.25, 0.3) is 5.03 Å². The molecule has 0 N–H and O–H groups in total. The Bertz CT molecular complexity index is 838.